The Bertz CT molecular complexity index is 1080. The largest absolute Gasteiger partial charge is 0.508 e. The highest BCUT2D eigenvalue weighted by Crippen LogP contribution is 2.25. The van der Waals surface area contributed by atoms with Gasteiger partial charge >= 0.3 is 0 Å². The lowest BCUT2D eigenvalue weighted by Crippen LogP contribution is -2.45. The molecule has 0 heterocycles. The van der Waals surface area contributed by atoms with Crippen molar-refractivity contribution in [2.24, 2.45) is 0 Å². The van der Waals surface area contributed by atoms with Gasteiger partial charge < -0.3 is 20.5 Å². The number of phenolic OH excluding ortho intramolecular Hbond substituents is 1. The van der Waals surface area contributed by atoms with Gasteiger partial charge in [0.1, 0.15) is 23.4 Å². The molecule has 7 heteroatoms. The molecule has 0 aliphatic heterocycles. The summed E-state index contributed by atoms with van der Waals surface area (Å²) >= 11 is 0. The number of hydrogen-bond donors (Lipinski definition) is 3. The molecule has 3 aromatic carbocycles. The molecule has 0 saturated heterocycles. The lowest BCUT2D eigenvalue weighted by atomic mass is 10.0. The summed E-state index contributed by atoms with van der Waals surface area (Å²) < 4.78 is 18.9. The second-order valence-corrected chi connectivity index (χ2v) is 7.05. The number of halogens is 1. The fourth-order valence-electron chi connectivity index (χ4n) is 3.14. The summed E-state index contributed by atoms with van der Waals surface area (Å²) in [5.41, 5.74) is 2.12. The maximum atomic E-state index is 13.7. The molecule has 6 nitrogen and oxygen atoms in total. The monoisotopic (exact) mass is 422 g/mol. The number of aromatic hydroxyl groups is 1. The molecule has 31 heavy (non-hydrogen) atoms. The second-order valence-electron chi connectivity index (χ2n) is 7.05. The molecule has 0 aliphatic rings. The van der Waals surface area contributed by atoms with Gasteiger partial charge in [-0.3, -0.25) is 9.59 Å². The molecule has 160 valence electrons. The maximum absolute atomic E-state index is 13.7. The van der Waals surface area contributed by atoms with E-state index in [4.69, 9.17) is 4.74 Å². The highest BCUT2D eigenvalue weighted by atomic mass is 19.1. The number of benzene rings is 3. The molecule has 0 aromatic heterocycles. The van der Waals surface area contributed by atoms with E-state index in [-0.39, 0.29) is 17.9 Å². The van der Waals surface area contributed by atoms with E-state index in [1.54, 1.807) is 24.3 Å². The Labute approximate surface area is 179 Å². The molecule has 1 atom stereocenters. The van der Waals surface area contributed by atoms with E-state index in [1.807, 2.05) is 19.1 Å². The number of ether oxygens (including phenoxy) is 1. The molecule has 3 N–H and O–H groups in total. The SMILES string of the molecule is COc1ccc(F)cc1NC(=O)C(Cc1ccc(O)cc1)NC(=O)c1ccccc1C. The van der Waals surface area contributed by atoms with Crippen LogP contribution in [-0.4, -0.2) is 30.1 Å². The summed E-state index contributed by atoms with van der Waals surface area (Å²) in [7, 11) is 1.41. The minimum Gasteiger partial charge on any atom is -0.508 e. The van der Waals surface area contributed by atoms with Crippen molar-refractivity contribution in [3.8, 4) is 11.5 Å². The highest BCUT2D eigenvalue weighted by Gasteiger charge is 2.24. The van der Waals surface area contributed by atoms with E-state index in [0.717, 1.165) is 17.2 Å². The van der Waals surface area contributed by atoms with Crippen LogP contribution in [0.15, 0.2) is 66.7 Å². The summed E-state index contributed by atoms with van der Waals surface area (Å²) in [5, 5.41) is 14.9. The average molecular weight is 422 g/mol. The van der Waals surface area contributed by atoms with Gasteiger partial charge in [0.05, 0.1) is 12.8 Å². The van der Waals surface area contributed by atoms with Crippen molar-refractivity contribution < 1.29 is 23.8 Å². The minimum atomic E-state index is -0.954. The van der Waals surface area contributed by atoms with Gasteiger partial charge in [-0.15, -0.1) is 0 Å². The molecule has 0 saturated carbocycles. The Morgan fingerprint density at radius 1 is 1.06 bits per heavy atom. The molecular formula is C24H23FN2O4. The fourth-order valence-corrected chi connectivity index (χ4v) is 3.14. The van der Waals surface area contributed by atoms with Crippen molar-refractivity contribution in [2.75, 3.05) is 12.4 Å². The zero-order valence-electron chi connectivity index (χ0n) is 17.2. The third-order valence-corrected chi connectivity index (χ3v) is 4.81. The first-order chi connectivity index (χ1) is 14.9. The average Bonchev–Trinajstić information content (AvgIpc) is 2.75. The number of amides is 2. The van der Waals surface area contributed by atoms with Gasteiger partial charge in [-0.1, -0.05) is 30.3 Å². The van der Waals surface area contributed by atoms with Crippen LogP contribution in [0.3, 0.4) is 0 Å². The van der Waals surface area contributed by atoms with Gasteiger partial charge in [-0.05, 0) is 48.4 Å². The van der Waals surface area contributed by atoms with E-state index in [0.29, 0.717) is 11.3 Å². The van der Waals surface area contributed by atoms with Crippen LogP contribution < -0.4 is 15.4 Å². The van der Waals surface area contributed by atoms with Crippen LogP contribution in [0.4, 0.5) is 10.1 Å². The Morgan fingerprint density at radius 3 is 2.45 bits per heavy atom. The molecular weight excluding hydrogens is 399 g/mol. The van der Waals surface area contributed by atoms with Gasteiger partial charge in [0, 0.05) is 18.1 Å². The zero-order chi connectivity index (χ0) is 22.4. The molecule has 0 radical (unpaired) electrons. The highest BCUT2D eigenvalue weighted by molar-refractivity contribution is 6.02. The van der Waals surface area contributed by atoms with E-state index in [2.05, 4.69) is 10.6 Å². The van der Waals surface area contributed by atoms with E-state index < -0.39 is 23.7 Å². The van der Waals surface area contributed by atoms with Crippen molar-refractivity contribution in [1.29, 1.82) is 0 Å². The van der Waals surface area contributed by atoms with E-state index >= 15 is 0 Å². The summed E-state index contributed by atoms with van der Waals surface area (Å²) in [4.78, 5) is 25.9. The zero-order valence-corrected chi connectivity index (χ0v) is 17.2. The topological polar surface area (TPSA) is 87.7 Å². The van der Waals surface area contributed by atoms with Crippen molar-refractivity contribution in [3.63, 3.8) is 0 Å². The Morgan fingerprint density at radius 2 is 1.77 bits per heavy atom. The lowest BCUT2D eigenvalue weighted by Gasteiger charge is -2.20. The molecule has 0 fully saturated rings. The van der Waals surface area contributed by atoms with Crippen LogP contribution >= 0.6 is 0 Å². The van der Waals surface area contributed by atoms with Crippen molar-refractivity contribution in [1.82, 2.24) is 5.32 Å². The molecule has 2 amide bonds. The first-order valence-corrected chi connectivity index (χ1v) is 9.66. The fraction of sp³-hybridized carbons (Fsp3) is 0.167. The molecule has 3 rings (SSSR count). The predicted octanol–water partition coefficient (Wildman–Crippen LogP) is 3.83. The number of phenols is 1. The number of methoxy groups -OCH3 is 1. The normalized spacial score (nSPS) is 11.5. The van der Waals surface area contributed by atoms with Crippen LogP contribution in [0.2, 0.25) is 0 Å². The minimum absolute atomic E-state index is 0.0956. The van der Waals surface area contributed by atoms with Crippen LogP contribution in [0.1, 0.15) is 21.5 Å². The number of hydrogen-bond acceptors (Lipinski definition) is 4. The number of nitrogens with one attached hydrogen (secondary N) is 2. The number of carbonyl (C=O) groups excluding carboxylic acids is 2. The third-order valence-electron chi connectivity index (χ3n) is 4.81. The van der Waals surface area contributed by atoms with Gasteiger partial charge in [0.2, 0.25) is 5.91 Å². The number of rotatable bonds is 7. The molecule has 0 spiro atoms. The lowest BCUT2D eigenvalue weighted by molar-refractivity contribution is -0.118. The number of anilines is 1. The summed E-state index contributed by atoms with van der Waals surface area (Å²) in [5.74, 6) is -1.07. The number of aryl methyl sites for hydroxylation is 1. The van der Waals surface area contributed by atoms with E-state index in [9.17, 15) is 19.1 Å². The van der Waals surface area contributed by atoms with E-state index in [1.165, 1.54) is 31.4 Å². The summed E-state index contributed by atoms with van der Waals surface area (Å²) in [6.07, 6.45) is 0.168. The third kappa shape index (κ3) is 5.60. The predicted molar refractivity (Wildman–Crippen MR) is 116 cm³/mol. The van der Waals surface area contributed by atoms with Crippen LogP contribution in [0, 0.1) is 12.7 Å². The Balaban J connectivity index is 1.86. The Hall–Kier alpha value is -3.87. The quantitative estimate of drug-likeness (QED) is 0.540. The first-order valence-electron chi connectivity index (χ1n) is 9.66. The van der Waals surface area contributed by atoms with Gasteiger partial charge in [-0.2, -0.15) is 0 Å². The number of carbonyl (C=O) groups is 2. The first kappa shape index (κ1) is 21.8. The van der Waals surface area contributed by atoms with Gasteiger partial charge in [0.25, 0.3) is 5.91 Å². The van der Waals surface area contributed by atoms with Crippen molar-refractivity contribution >= 4 is 17.5 Å². The maximum Gasteiger partial charge on any atom is 0.252 e. The molecule has 0 bridgehead atoms. The summed E-state index contributed by atoms with van der Waals surface area (Å²) in [6, 6.07) is 16.2. The molecule has 3 aromatic rings. The van der Waals surface area contributed by atoms with Crippen LogP contribution in [0.25, 0.3) is 0 Å². The second kappa shape index (κ2) is 9.75. The standard InChI is InChI=1S/C24H23FN2O4/c1-15-5-3-4-6-19(15)23(29)27-21(13-16-7-10-18(28)11-8-16)24(30)26-20-14-17(25)9-12-22(20)31-2/h3-12,14,21,28H,13H2,1-2H3,(H,26,30)(H,27,29). The van der Waals surface area contributed by atoms with Gasteiger partial charge in [0.15, 0.2) is 0 Å². The van der Waals surface area contributed by atoms with Crippen LogP contribution in [0.5, 0.6) is 11.5 Å². The van der Waals surface area contributed by atoms with Gasteiger partial charge in [-0.25, -0.2) is 4.39 Å². The Kier molecular flexibility index (Phi) is 6.87. The van der Waals surface area contributed by atoms with Crippen molar-refractivity contribution in [2.45, 2.75) is 19.4 Å². The smallest absolute Gasteiger partial charge is 0.252 e. The van der Waals surface area contributed by atoms with Crippen LogP contribution in [-0.2, 0) is 11.2 Å². The van der Waals surface area contributed by atoms with Crippen molar-refractivity contribution in [3.05, 3.63) is 89.2 Å². The summed E-state index contributed by atoms with van der Waals surface area (Å²) in [6.45, 7) is 1.81. The molecule has 1 unspecified atom stereocenters. The molecule has 0 aliphatic carbocycles.